The molecule has 0 heterocycles. The molecule has 0 fully saturated rings. The van der Waals surface area contributed by atoms with E-state index in [-0.39, 0.29) is 50.3 Å². The number of rotatable bonds is 8. The number of primary amides is 1. The average molecular weight is 708 g/mol. The molecule has 15 heteroatoms. The highest BCUT2D eigenvalue weighted by Gasteiger charge is 2.35. The molecule has 0 saturated heterocycles. The first-order valence-corrected chi connectivity index (χ1v) is 14.5. The smallest absolute Gasteiger partial charge is 0.417 e. The van der Waals surface area contributed by atoms with Crippen molar-refractivity contribution in [3.8, 4) is 33.4 Å². The molecule has 51 heavy (non-hydrogen) atoms. The molecule has 0 spiro atoms. The van der Waals surface area contributed by atoms with Gasteiger partial charge in [-0.1, -0.05) is 48.5 Å². The van der Waals surface area contributed by atoms with Crippen molar-refractivity contribution in [3.05, 3.63) is 130 Å². The largest absolute Gasteiger partial charge is 0.478 e. The summed E-state index contributed by atoms with van der Waals surface area (Å²) in [6.45, 7) is 0. The van der Waals surface area contributed by atoms with Crippen LogP contribution in [0.3, 0.4) is 0 Å². The number of nitrogens with two attached hydrogens (primary N) is 2. The highest BCUT2D eigenvalue weighted by Crippen LogP contribution is 2.41. The van der Waals surface area contributed by atoms with Gasteiger partial charge in [0.2, 0.25) is 5.91 Å². The van der Waals surface area contributed by atoms with Crippen LogP contribution in [0.25, 0.3) is 33.4 Å². The summed E-state index contributed by atoms with van der Waals surface area (Å²) >= 11 is 0. The van der Waals surface area contributed by atoms with Crippen LogP contribution in [0.2, 0.25) is 0 Å². The first kappa shape index (κ1) is 35.7. The summed E-state index contributed by atoms with van der Waals surface area (Å²) in [5.74, 6) is -5.15. The van der Waals surface area contributed by atoms with Crippen molar-refractivity contribution in [3.63, 3.8) is 0 Å². The van der Waals surface area contributed by atoms with Crippen LogP contribution in [0.4, 0.5) is 37.7 Å². The zero-order valence-corrected chi connectivity index (χ0v) is 25.7. The number of benzene rings is 5. The van der Waals surface area contributed by atoms with Crippen LogP contribution in [-0.4, -0.2) is 34.0 Å². The molecule has 0 aromatic heterocycles. The van der Waals surface area contributed by atoms with Crippen LogP contribution in [0.15, 0.2) is 97.1 Å². The third-order valence-electron chi connectivity index (χ3n) is 7.78. The van der Waals surface area contributed by atoms with Crippen LogP contribution < -0.4 is 16.8 Å². The molecular formula is C36H23F6N3O6. The molecule has 5 aromatic carbocycles. The molecule has 7 N–H and O–H groups in total. The van der Waals surface area contributed by atoms with Gasteiger partial charge in [0, 0.05) is 11.4 Å². The predicted molar refractivity (Wildman–Crippen MR) is 174 cm³/mol. The Labute approximate surface area is 283 Å². The predicted octanol–water partition coefficient (Wildman–Crippen LogP) is 8.06. The van der Waals surface area contributed by atoms with Gasteiger partial charge < -0.3 is 27.0 Å². The van der Waals surface area contributed by atoms with Gasteiger partial charge >= 0.3 is 24.3 Å². The first-order chi connectivity index (χ1) is 23.8. The van der Waals surface area contributed by atoms with E-state index in [4.69, 9.17) is 11.5 Å². The van der Waals surface area contributed by atoms with E-state index in [1.165, 1.54) is 42.5 Å². The summed E-state index contributed by atoms with van der Waals surface area (Å²) in [7, 11) is 0. The van der Waals surface area contributed by atoms with E-state index < -0.39 is 63.9 Å². The fourth-order valence-electron chi connectivity index (χ4n) is 5.40. The summed E-state index contributed by atoms with van der Waals surface area (Å²) in [6, 6.07) is 17.8. The van der Waals surface area contributed by atoms with Crippen LogP contribution in [0.1, 0.15) is 52.6 Å². The van der Waals surface area contributed by atoms with Gasteiger partial charge in [0.25, 0.3) is 5.91 Å². The van der Waals surface area contributed by atoms with E-state index in [0.717, 1.165) is 48.5 Å². The molecule has 0 unspecified atom stereocenters. The highest BCUT2D eigenvalue weighted by molar-refractivity contribution is 6.12. The lowest BCUT2D eigenvalue weighted by molar-refractivity contribution is -0.137. The second-order valence-electron chi connectivity index (χ2n) is 11.1. The number of nitrogen functional groups attached to an aromatic ring is 1. The summed E-state index contributed by atoms with van der Waals surface area (Å²) in [5, 5.41) is 21.3. The standard InChI is InChI=1S/C36H23F6N3O6/c37-35(38,39)29-15-21(43)7-11-23(29)17-1-3-18(4-2-17)24-12-8-22(16-30(24)36(40,41)42)45-32(47)28-14-20(6-10-26(28)34(50)51)19-5-9-25(33(48)49)27(13-19)31(44)46/h1-16H,43H2,(H2,44,46)(H,45,47)(H,48,49)(H,50,51). The lowest BCUT2D eigenvalue weighted by atomic mass is 9.94. The number of amides is 2. The van der Waals surface area contributed by atoms with Crippen molar-refractivity contribution in [1.82, 2.24) is 0 Å². The molecule has 0 aliphatic heterocycles. The molecule has 0 saturated carbocycles. The number of carbonyl (C=O) groups excluding carboxylic acids is 2. The minimum atomic E-state index is -4.97. The Morgan fingerprint density at radius 2 is 0.961 bits per heavy atom. The Morgan fingerprint density at radius 1 is 0.529 bits per heavy atom. The summed E-state index contributed by atoms with van der Waals surface area (Å²) in [5.41, 5.74) is 6.18. The number of alkyl halides is 6. The van der Waals surface area contributed by atoms with E-state index in [9.17, 15) is 55.7 Å². The number of halogens is 6. The van der Waals surface area contributed by atoms with Crippen LogP contribution in [-0.2, 0) is 12.4 Å². The molecule has 0 radical (unpaired) electrons. The van der Waals surface area contributed by atoms with Crippen molar-refractivity contribution >= 4 is 35.1 Å². The number of hydrogen-bond acceptors (Lipinski definition) is 5. The van der Waals surface area contributed by atoms with Crippen molar-refractivity contribution in [2.45, 2.75) is 12.4 Å². The van der Waals surface area contributed by atoms with E-state index in [1.54, 1.807) is 0 Å². The van der Waals surface area contributed by atoms with Gasteiger partial charge in [0.1, 0.15) is 0 Å². The summed E-state index contributed by atoms with van der Waals surface area (Å²) in [4.78, 5) is 48.7. The van der Waals surface area contributed by atoms with E-state index in [2.05, 4.69) is 5.32 Å². The lowest BCUT2D eigenvalue weighted by Gasteiger charge is -2.17. The minimum Gasteiger partial charge on any atom is -0.478 e. The van der Waals surface area contributed by atoms with E-state index in [1.807, 2.05) is 0 Å². The minimum absolute atomic E-state index is 0.00179. The molecule has 260 valence electrons. The number of aromatic carboxylic acids is 2. The van der Waals surface area contributed by atoms with Gasteiger partial charge in [-0.15, -0.1) is 0 Å². The van der Waals surface area contributed by atoms with Crippen LogP contribution in [0, 0.1) is 0 Å². The number of anilines is 2. The normalized spacial score (nSPS) is 11.6. The Bertz CT molecular complexity index is 2230. The summed E-state index contributed by atoms with van der Waals surface area (Å²) < 4.78 is 83.9. The number of carbonyl (C=O) groups is 4. The first-order valence-electron chi connectivity index (χ1n) is 14.5. The van der Waals surface area contributed by atoms with Gasteiger partial charge in [-0.05, 0) is 81.9 Å². The zero-order valence-electron chi connectivity index (χ0n) is 25.7. The highest BCUT2D eigenvalue weighted by atomic mass is 19.4. The third kappa shape index (κ3) is 7.51. The molecule has 0 aliphatic rings. The van der Waals surface area contributed by atoms with Crippen molar-refractivity contribution in [2.24, 2.45) is 5.73 Å². The third-order valence-corrected chi connectivity index (χ3v) is 7.78. The zero-order chi connectivity index (χ0) is 37.4. The Hall–Kier alpha value is -6.64. The molecule has 5 rings (SSSR count). The number of hydrogen-bond donors (Lipinski definition) is 5. The summed E-state index contributed by atoms with van der Waals surface area (Å²) in [6.07, 6.45) is -9.72. The van der Waals surface area contributed by atoms with E-state index in [0.29, 0.717) is 6.07 Å². The van der Waals surface area contributed by atoms with Gasteiger partial charge in [-0.25, -0.2) is 9.59 Å². The van der Waals surface area contributed by atoms with Gasteiger partial charge in [0.15, 0.2) is 0 Å². The Kier molecular flexibility index (Phi) is 9.33. The fraction of sp³-hybridized carbons (Fsp3) is 0.0556. The maximum Gasteiger partial charge on any atom is 0.417 e. The molecular weight excluding hydrogens is 684 g/mol. The SMILES string of the molecule is NC(=O)c1cc(-c2ccc(C(=O)O)c(C(=O)Nc3ccc(-c4ccc(-c5ccc(N)cc5C(F)(F)F)cc4)c(C(F)(F)F)c3)c2)ccc1C(=O)O. The maximum atomic E-state index is 14.3. The average Bonchev–Trinajstić information content (AvgIpc) is 3.07. The second kappa shape index (κ2) is 13.3. The second-order valence-corrected chi connectivity index (χ2v) is 11.1. The molecule has 2 amide bonds. The van der Waals surface area contributed by atoms with Gasteiger partial charge in [-0.3, -0.25) is 9.59 Å². The van der Waals surface area contributed by atoms with Crippen LogP contribution in [0.5, 0.6) is 0 Å². The van der Waals surface area contributed by atoms with Gasteiger partial charge in [0.05, 0.1) is 33.4 Å². The molecule has 0 atom stereocenters. The molecule has 5 aromatic rings. The lowest BCUT2D eigenvalue weighted by Crippen LogP contribution is -2.18. The Balaban J connectivity index is 1.49. The monoisotopic (exact) mass is 707 g/mol. The van der Waals surface area contributed by atoms with Crippen LogP contribution >= 0.6 is 0 Å². The molecule has 9 nitrogen and oxygen atoms in total. The number of nitrogens with one attached hydrogen (secondary N) is 1. The molecule has 0 aliphatic carbocycles. The fourth-order valence-corrected chi connectivity index (χ4v) is 5.40. The van der Waals surface area contributed by atoms with E-state index >= 15 is 0 Å². The number of carboxylic acids is 2. The Morgan fingerprint density at radius 3 is 1.43 bits per heavy atom. The number of carboxylic acid groups (broad SMARTS) is 2. The maximum absolute atomic E-state index is 14.3. The van der Waals surface area contributed by atoms with Gasteiger partial charge in [-0.2, -0.15) is 26.3 Å². The van der Waals surface area contributed by atoms with Crippen molar-refractivity contribution in [2.75, 3.05) is 11.1 Å². The van der Waals surface area contributed by atoms with Crippen molar-refractivity contribution in [1.29, 1.82) is 0 Å². The van der Waals surface area contributed by atoms with Crippen molar-refractivity contribution < 1.29 is 55.7 Å². The quantitative estimate of drug-likeness (QED) is 0.0801. The molecule has 0 bridgehead atoms. The topological polar surface area (TPSA) is 173 Å².